The number of allylic oxidation sites excluding steroid dienone is 1. The van der Waals surface area contributed by atoms with E-state index in [-0.39, 0.29) is 17.6 Å². The van der Waals surface area contributed by atoms with Crippen molar-refractivity contribution in [3.05, 3.63) is 83.4 Å². The van der Waals surface area contributed by atoms with Gasteiger partial charge < -0.3 is 24.4 Å². The minimum absolute atomic E-state index is 0.188. The molecule has 0 aromatic heterocycles. The molecule has 2 aliphatic rings. The van der Waals surface area contributed by atoms with Crippen molar-refractivity contribution < 1.29 is 24.4 Å². The Labute approximate surface area is 206 Å². The molecule has 2 N–H and O–H groups in total. The molecule has 1 saturated heterocycles. The van der Waals surface area contributed by atoms with Crippen molar-refractivity contribution in [2.24, 2.45) is 0 Å². The second-order valence-corrected chi connectivity index (χ2v) is 9.14. The maximum atomic E-state index is 10.1. The quantitative estimate of drug-likeness (QED) is 0.509. The summed E-state index contributed by atoms with van der Waals surface area (Å²) in [6.45, 7) is 8.17. The van der Waals surface area contributed by atoms with Gasteiger partial charge >= 0.3 is 0 Å². The van der Waals surface area contributed by atoms with Crippen LogP contribution in [-0.4, -0.2) is 54.1 Å². The lowest BCUT2D eigenvalue weighted by molar-refractivity contribution is -0.00514. The van der Waals surface area contributed by atoms with Gasteiger partial charge in [0.15, 0.2) is 0 Å². The standard InChI is InChI=1S/C29H31NO5/c1-19-18-33-14-12-30(19)13-15-34-25-9-6-21(7-10-25)29-28(22-4-3-5-23(31)16-22)20(2)26-17-24(32)8-11-27(26)35-29/h3-11,16-17,19,29,31-32H,12-15,18H2,1-2H3/t19-,29?/m0/s1. The van der Waals surface area contributed by atoms with E-state index >= 15 is 0 Å². The number of phenolic OH excluding ortho intramolecular Hbond substituents is 2. The third kappa shape index (κ3) is 4.99. The second kappa shape index (κ2) is 10.0. The average Bonchev–Trinajstić information content (AvgIpc) is 2.86. The number of ether oxygens (including phenoxy) is 3. The van der Waals surface area contributed by atoms with Crippen LogP contribution in [0.5, 0.6) is 23.0 Å². The lowest BCUT2D eigenvalue weighted by atomic mass is 9.86. The van der Waals surface area contributed by atoms with Crippen molar-refractivity contribution in [1.29, 1.82) is 0 Å². The van der Waals surface area contributed by atoms with Crippen LogP contribution >= 0.6 is 0 Å². The van der Waals surface area contributed by atoms with E-state index in [0.717, 1.165) is 59.9 Å². The van der Waals surface area contributed by atoms with Gasteiger partial charge in [0.05, 0.1) is 13.2 Å². The molecule has 2 aliphatic heterocycles. The molecule has 1 fully saturated rings. The van der Waals surface area contributed by atoms with E-state index in [1.807, 2.05) is 43.3 Å². The summed E-state index contributed by atoms with van der Waals surface area (Å²) < 4.78 is 18.0. The van der Waals surface area contributed by atoms with Crippen molar-refractivity contribution >= 4 is 11.1 Å². The molecule has 35 heavy (non-hydrogen) atoms. The van der Waals surface area contributed by atoms with E-state index < -0.39 is 0 Å². The molecule has 0 amide bonds. The van der Waals surface area contributed by atoms with Crippen molar-refractivity contribution in [1.82, 2.24) is 4.90 Å². The summed E-state index contributed by atoms with van der Waals surface area (Å²) >= 11 is 0. The summed E-state index contributed by atoms with van der Waals surface area (Å²) in [5.41, 5.74) is 4.65. The number of morpholine rings is 1. The van der Waals surface area contributed by atoms with E-state index in [4.69, 9.17) is 14.2 Å². The number of hydrogen-bond donors (Lipinski definition) is 2. The lowest BCUT2D eigenvalue weighted by Crippen LogP contribution is -2.45. The molecule has 3 aromatic rings. The van der Waals surface area contributed by atoms with Crippen LogP contribution in [0.2, 0.25) is 0 Å². The number of phenols is 2. The molecule has 0 aliphatic carbocycles. The molecule has 3 aromatic carbocycles. The summed E-state index contributed by atoms with van der Waals surface area (Å²) in [6, 6.07) is 20.8. The predicted molar refractivity (Wildman–Crippen MR) is 136 cm³/mol. The second-order valence-electron chi connectivity index (χ2n) is 9.14. The van der Waals surface area contributed by atoms with Gasteiger partial charge in [-0.25, -0.2) is 0 Å². The molecule has 5 rings (SSSR count). The zero-order chi connectivity index (χ0) is 24.4. The Hall–Kier alpha value is -3.48. The van der Waals surface area contributed by atoms with Gasteiger partial charge in [0.1, 0.15) is 35.7 Å². The highest BCUT2D eigenvalue weighted by Crippen LogP contribution is 2.47. The molecule has 6 nitrogen and oxygen atoms in total. The molecule has 182 valence electrons. The third-order valence-corrected chi connectivity index (χ3v) is 6.77. The zero-order valence-electron chi connectivity index (χ0n) is 20.1. The van der Waals surface area contributed by atoms with Crippen LogP contribution < -0.4 is 9.47 Å². The van der Waals surface area contributed by atoms with Gasteiger partial charge in [-0.15, -0.1) is 0 Å². The summed E-state index contributed by atoms with van der Waals surface area (Å²) in [7, 11) is 0. The number of fused-ring (bicyclic) bond motifs is 1. The Bertz CT molecular complexity index is 1220. The molecule has 2 atom stereocenters. The lowest BCUT2D eigenvalue weighted by Gasteiger charge is -2.33. The van der Waals surface area contributed by atoms with E-state index in [1.54, 1.807) is 30.3 Å². The average molecular weight is 474 g/mol. The molecule has 1 unspecified atom stereocenters. The number of nitrogens with zero attached hydrogens (tertiary/aromatic N) is 1. The topological polar surface area (TPSA) is 71.4 Å². The van der Waals surface area contributed by atoms with E-state index in [9.17, 15) is 10.2 Å². The Morgan fingerprint density at radius 2 is 1.80 bits per heavy atom. The fourth-order valence-corrected chi connectivity index (χ4v) is 4.83. The van der Waals surface area contributed by atoms with Crippen molar-refractivity contribution in [2.45, 2.75) is 26.0 Å². The SMILES string of the molecule is CC1=C(c2cccc(O)c2)C(c2ccc(OCCN3CCOC[C@@H]3C)cc2)Oc2ccc(O)cc21. The fourth-order valence-electron chi connectivity index (χ4n) is 4.83. The molecular weight excluding hydrogens is 442 g/mol. The predicted octanol–water partition coefficient (Wildman–Crippen LogP) is 5.26. The summed E-state index contributed by atoms with van der Waals surface area (Å²) in [4.78, 5) is 2.39. The van der Waals surface area contributed by atoms with E-state index in [0.29, 0.717) is 18.4 Å². The number of benzene rings is 3. The van der Waals surface area contributed by atoms with Gasteiger partial charge in [-0.2, -0.15) is 0 Å². The first-order valence-corrected chi connectivity index (χ1v) is 12.0. The molecule has 0 radical (unpaired) electrons. The normalized spacial score (nSPS) is 20.3. The number of hydrogen-bond acceptors (Lipinski definition) is 6. The Kier molecular flexibility index (Phi) is 6.66. The molecule has 0 bridgehead atoms. The van der Waals surface area contributed by atoms with E-state index in [1.165, 1.54) is 0 Å². The number of rotatable bonds is 6. The van der Waals surface area contributed by atoms with Gasteiger partial charge in [-0.1, -0.05) is 24.3 Å². The van der Waals surface area contributed by atoms with E-state index in [2.05, 4.69) is 11.8 Å². The van der Waals surface area contributed by atoms with Crippen molar-refractivity contribution in [3.63, 3.8) is 0 Å². The molecule has 2 heterocycles. The van der Waals surface area contributed by atoms with Crippen LogP contribution in [0.25, 0.3) is 11.1 Å². The summed E-state index contributed by atoms with van der Waals surface area (Å²) in [5.74, 6) is 1.92. The summed E-state index contributed by atoms with van der Waals surface area (Å²) in [6.07, 6.45) is -0.364. The smallest absolute Gasteiger partial charge is 0.150 e. The highest BCUT2D eigenvalue weighted by Gasteiger charge is 2.29. The molecule has 0 saturated carbocycles. The molecular formula is C29H31NO5. The zero-order valence-corrected chi connectivity index (χ0v) is 20.1. The maximum Gasteiger partial charge on any atom is 0.150 e. The van der Waals surface area contributed by atoms with Crippen LogP contribution in [0, 0.1) is 0 Å². The van der Waals surface area contributed by atoms with Gasteiger partial charge in [0, 0.05) is 30.3 Å². The van der Waals surface area contributed by atoms with Crippen LogP contribution in [0.1, 0.15) is 36.6 Å². The highest BCUT2D eigenvalue weighted by atomic mass is 16.5. The molecule has 6 heteroatoms. The first kappa shape index (κ1) is 23.3. The minimum Gasteiger partial charge on any atom is -0.508 e. The minimum atomic E-state index is -0.364. The van der Waals surface area contributed by atoms with Crippen LogP contribution in [0.3, 0.4) is 0 Å². The van der Waals surface area contributed by atoms with Crippen molar-refractivity contribution in [3.8, 4) is 23.0 Å². The van der Waals surface area contributed by atoms with Gasteiger partial charge in [0.2, 0.25) is 0 Å². The van der Waals surface area contributed by atoms with Crippen LogP contribution in [0.15, 0.2) is 66.7 Å². The number of aromatic hydroxyl groups is 2. The fraction of sp³-hybridized carbons (Fsp3) is 0.310. The van der Waals surface area contributed by atoms with Crippen LogP contribution in [0.4, 0.5) is 0 Å². The maximum absolute atomic E-state index is 10.1. The Morgan fingerprint density at radius 1 is 1.00 bits per heavy atom. The first-order chi connectivity index (χ1) is 17.0. The Morgan fingerprint density at radius 3 is 2.57 bits per heavy atom. The highest BCUT2D eigenvalue weighted by molar-refractivity contribution is 5.95. The largest absolute Gasteiger partial charge is 0.508 e. The van der Waals surface area contributed by atoms with Crippen molar-refractivity contribution in [2.75, 3.05) is 32.9 Å². The van der Waals surface area contributed by atoms with Gasteiger partial charge in [-0.3, -0.25) is 4.90 Å². The van der Waals surface area contributed by atoms with Gasteiger partial charge in [-0.05, 0) is 73.0 Å². The molecule has 0 spiro atoms. The van der Waals surface area contributed by atoms with Gasteiger partial charge in [0.25, 0.3) is 0 Å². The Balaban J connectivity index is 1.38. The third-order valence-electron chi connectivity index (χ3n) is 6.77. The van der Waals surface area contributed by atoms with Crippen LogP contribution in [-0.2, 0) is 4.74 Å². The summed E-state index contributed by atoms with van der Waals surface area (Å²) in [5, 5.41) is 20.2. The monoisotopic (exact) mass is 473 g/mol. The first-order valence-electron chi connectivity index (χ1n) is 12.0.